The van der Waals surface area contributed by atoms with E-state index in [9.17, 15) is 8.42 Å². The molecule has 0 aromatic rings. The van der Waals surface area contributed by atoms with Crippen LogP contribution in [0.5, 0.6) is 0 Å². The largest absolute Gasteiger partial charge is 0.314 e. The van der Waals surface area contributed by atoms with Crippen molar-refractivity contribution in [2.24, 2.45) is 11.8 Å². The molecule has 1 saturated carbocycles. The molecule has 1 rings (SSSR count). The summed E-state index contributed by atoms with van der Waals surface area (Å²) < 4.78 is 29.6. The Morgan fingerprint density at radius 2 is 2.00 bits per heavy atom. The van der Waals surface area contributed by atoms with Crippen LogP contribution in [0.2, 0.25) is 0 Å². The van der Waals surface area contributed by atoms with Crippen LogP contribution in [-0.2, 0) is 10.1 Å². The zero-order chi connectivity index (χ0) is 12.2. The van der Waals surface area contributed by atoms with Crippen LogP contribution in [0.3, 0.4) is 0 Å². The van der Waals surface area contributed by atoms with Gasteiger partial charge in [-0.15, -0.1) is 0 Å². The average Bonchev–Trinajstić information content (AvgIpc) is 2.17. The molecule has 0 spiro atoms. The minimum Gasteiger partial charge on any atom is -0.314 e. The molecule has 0 saturated heterocycles. The highest BCUT2D eigenvalue weighted by molar-refractivity contribution is 7.85. The zero-order valence-corrected chi connectivity index (χ0v) is 11.0. The Balaban J connectivity index is 2.22. The van der Waals surface area contributed by atoms with E-state index in [4.69, 9.17) is 4.55 Å². The Labute approximate surface area is 98.6 Å². The van der Waals surface area contributed by atoms with Crippen LogP contribution < -0.4 is 5.32 Å². The summed E-state index contributed by atoms with van der Waals surface area (Å²) in [5, 5.41) is 3.40. The fourth-order valence-corrected chi connectivity index (χ4v) is 2.92. The van der Waals surface area contributed by atoms with Gasteiger partial charge in [-0.3, -0.25) is 4.55 Å². The molecule has 0 aromatic heterocycles. The van der Waals surface area contributed by atoms with E-state index in [1.807, 2.05) is 0 Å². The van der Waals surface area contributed by atoms with Gasteiger partial charge in [-0.25, -0.2) is 0 Å². The average molecular weight is 249 g/mol. The summed E-state index contributed by atoms with van der Waals surface area (Å²) in [6, 6.07) is 0.505. The van der Waals surface area contributed by atoms with E-state index in [1.54, 1.807) is 0 Å². The van der Waals surface area contributed by atoms with Gasteiger partial charge < -0.3 is 5.32 Å². The van der Waals surface area contributed by atoms with Crippen molar-refractivity contribution in [1.82, 2.24) is 5.32 Å². The number of rotatable bonds is 5. The van der Waals surface area contributed by atoms with Crippen LogP contribution in [0, 0.1) is 11.8 Å². The van der Waals surface area contributed by atoms with Crippen LogP contribution in [0.25, 0.3) is 0 Å². The molecule has 0 aliphatic heterocycles. The van der Waals surface area contributed by atoms with Crippen molar-refractivity contribution in [2.45, 2.75) is 45.6 Å². The Kier molecular flexibility index (Phi) is 5.21. The standard InChI is InChI=1S/C11H23NO3S/c1-9-5-3-6-11(10(9)2)12-7-4-8-16(13,14)15/h9-12H,3-8H2,1-2H3,(H,13,14,15). The van der Waals surface area contributed by atoms with Gasteiger partial charge in [-0.05, 0) is 31.2 Å². The molecule has 2 N–H and O–H groups in total. The van der Waals surface area contributed by atoms with E-state index in [-0.39, 0.29) is 5.75 Å². The summed E-state index contributed by atoms with van der Waals surface area (Å²) in [4.78, 5) is 0. The van der Waals surface area contributed by atoms with Crippen molar-refractivity contribution in [3.05, 3.63) is 0 Å². The number of hydrogen-bond donors (Lipinski definition) is 2. The first kappa shape index (κ1) is 13.9. The molecule has 4 nitrogen and oxygen atoms in total. The van der Waals surface area contributed by atoms with E-state index in [1.165, 1.54) is 19.3 Å². The van der Waals surface area contributed by atoms with Crippen molar-refractivity contribution in [2.75, 3.05) is 12.3 Å². The first-order valence-corrected chi connectivity index (χ1v) is 7.69. The molecule has 1 fully saturated rings. The van der Waals surface area contributed by atoms with Crippen molar-refractivity contribution < 1.29 is 13.0 Å². The quantitative estimate of drug-likeness (QED) is 0.574. The molecular formula is C11H23NO3S. The van der Waals surface area contributed by atoms with Gasteiger partial charge in [0.05, 0.1) is 5.75 Å². The van der Waals surface area contributed by atoms with Gasteiger partial charge in [-0.2, -0.15) is 8.42 Å². The number of nitrogens with one attached hydrogen (secondary N) is 1. The van der Waals surface area contributed by atoms with E-state index >= 15 is 0 Å². The monoisotopic (exact) mass is 249 g/mol. The molecule has 5 heteroatoms. The third-order valence-corrected chi connectivity index (χ3v) is 4.50. The fraction of sp³-hybridized carbons (Fsp3) is 1.00. The molecule has 96 valence electrons. The van der Waals surface area contributed by atoms with Crippen molar-refractivity contribution in [1.29, 1.82) is 0 Å². The Morgan fingerprint density at radius 1 is 1.31 bits per heavy atom. The molecule has 0 amide bonds. The summed E-state index contributed by atoms with van der Waals surface area (Å²) in [5.41, 5.74) is 0. The van der Waals surface area contributed by atoms with Crippen LogP contribution in [-0.4, -0.2) is 31.3 Å². The lowest BCUT2D eigenvalue weighted by atomic mass is 9.78. The lowest BCUT2D eigenvalue weighted by Crippen LogP contribution is -2.41. The van der Waals surface area contributed by atoms with Crippen molar-refractivity contribution in [3.63, 3.8) is 0 Å². The summed E-state index contributed by atoms with van der Waals surface area (Å²) in [6.07, 6.45) is 4.21. The second-order valence-corrected chi connectivity index (χ2v) is 6.54. The van der Waals surface area contributed by atoms with E-state index in [0.717, 1.165) is 5.92 Å². The van der Waals surface area contributed by atoms with Gasteiger partial charge >= 0.3 is 0 Å². The lowest BCUT2D eigenvalue weighted by molar-refractivity contribution is 0.207. The molecule has 0 radical (unpaired) electrons. The van der Waals surface area contributed by atoms with E-state index in [0.29, 0.717) is 24.9 Å². The molecule has 3 atom stereocenters. The molecule has 0 heterocycles. The SMILES string of the molecule is CC1CCCC(NCCCS(=O)(=O)O)C1C. The van der Waals surface area contributed by atoms with Gasteiger partial charge in [0.15, 0.2) is 0 Å². The minimum atomic E-state index is -3.79. The maximum absolute atomic E-state index is 10.5. The second kappa shape index (κ2) is 5.98. The van der Waals surface area contributed by atoms with Gasteiger partial charge in [0.25, 0.3) is 10.1 Å². The first-order chi connectivity index (χ1) is 7.40. The topological polar surface area (TPSA) is 66.4 Å². The Morgan fingerprint density at radius 3 is 2.62 bits per heavy atom. The molecule has 3 unspecified atom stereocenters. The van der Waals surface area contributed by atoms with E-state index in [2.05, 4.69) is 19.2 Å². The predicted octanol–water partition coefficient (Wildman–Crippen LogP) is 1.68. The highest BCUT2D eigenvalue weighted by atomic mass is 32.2. The van der Waals surface area contributed by atoms with Crippen LogP contribution >= 0.6 is 0 Å². The predicted molar refractivity (Wildman–Crippen MR) is 65.0 cm³/mol. The molecule has 16 heavy (non-hydrogen) atoms. The van der Waals surface area contributed by atoms with Gasteiger partial charge in [0.1, 0.15) is 0 Å². The minimum absolute atomic E-state index is 0.142. The molecule has 1 aliphatic carbocycles. The summed E-state index contributed by atoms with van der Waals surface area (Å²) in [5.74, 6) is 1.25. The van der Waals surface area contributed by atoms with Gasteiger partial charge in [0, 0.05) is 6.04 Å². The maximum atomic E-state index is 10.5. The Hall–Kier alpha value is -0.130. The molecule has 1 aliphatic rings. The van der Waals surface area contributed by atoms with Crippen molar-refractivity contribution >= 4 is 10.1 Å². The highest BCUT2D eigenvalue weighted by Gasteiger charge is 2.26. The van der Waals surface area contributed by atoms with Gasteiger partial charge in [0.2, 0.25) is 0 Å². The fourth-order valence-electron chi connectivity index (χ4n) is 2.41. The molecule has 0 aromatic carbocycles. The summed E-state index contributed by atoms with van der Waals surface area (Å²) in [6.45, 7) is 5.20. The zero-order valence-electron chi connectivity index (χ0n) is 10.1. The third-order valence-electron chi connectivity index (χ3n) is 3.69. The van der Waals surface area contributed by atoms with Crippen molar-refractivity contribution in [3.8, 4) is 0 Å². The Bertz CT molecular complexity index is 302. The lowest BCUT2D eigenvalue weighted by Gasteiger charge is -2.34. The normalized spacial score (nSPS) is 31.6. The van der Waals surface area contributed by atoms with Crippen LogP contribution in [0.1, 0.15) is 39.5 Å². The number of hydrogen-bond acceptors (Lipinski definition) is 3. The maximum Gasteiger partial charge on any atom is 0.264 e. The molecule has 0 bridgehead atoms. The van der Waals surface area contributed by atoms with Crippen LogP contribution in [0.15, 0.2) is 0 Å². The van der Waals surface area contributed by atoms with Gasteiger partial charge in [-0.1, -0.05) is 26.7 Å². The smallest absolute Gasteiger partial charge is 0.264 e. The third kappa shape index (κ3) is 4.80. The second-order valence-electron chi connectivity index (χ2n) is 4.97. The van der Waals surface area contributed by atoms with Crippen LogP contribution in [0.4, 0.5) is 0 Å². The molecular weight excluding hydrogens is 226 g/mol. The van der Waals surface area contributed by atoms with E-state index < -0.39 is 10.1 Å². The summed E-state index contributed by atoms with van der Waals surface area (Å²) in [7, 11) is -3.79. The summed E-state index contributed by atoms with van der Waals surface area (Å²) >= 11 is 0. The first-order valence-electron chi connectivity index (χ1n) is 6.08. The highest BCUT2D eigenvalue weighted by Crippen LogP contribution is 2.29.